The molecule has 0 aliphatic rings. The van der Waals surface area contributed by atoms with Crippen molar-refractivity contribution in [2.75, 3.05) is 6.61 Å². The molecule has 2 aromatic rings. The highest BCUT2D eigenvalue weighted by Crippen LogP contribution is 2.27. The summed E-state index contributed by atoms with van der Waals surface area (Å²) in [6.45, 7) is 1.81. The number of carbonyl (C=O) groups excluding carboxylic acids is 1. The van der Waals surface area contributed by atoms with E-state index >= 15 is 0 Å². The summed E-state index contributed by atoms with van der Waals surface area (Å²) in [4.78, 5) is 15.8. The van der Waals surface area contributed by atoms with Gasteiger partial charge >= 0.3 is 5.97 Å². The van der Waals surface area contributed by atoms with Crippen LogP contribution in [0.3, 0.4) is 0 Å². The molecule has 0 amide bonds. The van der Waals surface area contributed by atoms with Crippen LogP contribution in [0.2, 0.25) is 5.02 Å². The highest BCUT2D eigenvalue weighted by atomic mass is 35.5. The quantitative estimate of drug-likeness (QED) is 0.808. The van der Waals surface area contributed by atoms with Crippen LogP contribution in [0.25, 0.3) is 11.3 Å². The van der Waals surface area contributed by atoms with Crippen LogP contribution in [-0.2, 0) is 4.74 Å². The minimum Gasteiger partial charge on any atom is -0.462 e. The number of aromatic nitrogens is 1. The summed E-state index contributed by atoms with van der Waals surface area (Å²) in [5, 5.41) is 0.222. The first kappa shape index (κ1) is 14.4. The molecule has 3 nitrogen and oxygen atoms in total. The normalized spacial score (nSPS) is 10.4. The van der Waals surface area contributed by atoms with Gasteiger partial charge in [-0.3, -0.25) is 4.98 Å². The van der Waals surface area contributed by atoms with Gasteiger partial charge in [0.25, 0.3) is 0 Å². The van der Waals surface area contributed by atoms with Crippen molar-refractivity contribution in [2.24, 2.45) is 0 Å². The Kier molecular flexibility index (Phi) is 4.29. The molecule has 0 saturated carbocycles. The number of halogens is 3. The Labute approximate surface area is 119 Å². The van der Waals surface area contributed by atoms with Gasteiger partial charge in [-0.15, -0.1) is 0 Å². The van der Waals surface area contributed by atoms with E-state index in [4.69, 9.17) is 16.3 Å². The van der Waals surface area contributed by atoms with Crippen LogP contribution in [0.1, 0.15) is 17.3 Å². The molecular formula is C14H10ClF2NO2. The van der Waals surface area contributed by atoms with Crippen LogP contribution >= 0.6 is 11.6 Å². The molecule has 0 aliphatic heterocycles. The van der Waals surface area contributed by atoms with Crippen LogP contribution in [0, 0.1) is 11.6 Å². The van der Waals surface area contributed by atoms with E-state index in [0.717, 1.165) is 12.1 Å². The fraction of sp³-hybridized carbons (Fsp3) is 0.143. The average Bonchev–Trinajstić information content (AvgIpc) is 2.39. The van der Waals surface area contributed by atoms with Crippen molar-refractivity contribution in [1.82, 2.24) is 4.98 Å². The Hall–Kier alpha value is -2.01. The zero-order valence-electron chi connectivity index (χ0n) is 10.5. The lowest BCUT2D eigenvalue weighted by molar-refractivity contribution is 0.0527. The molecule has 0 bridgehead atoms. The predicted octanol–water partition coefficient (Wildman–Crippen LogP) is 3.86. The van der Waals surface area contributed by atoms with Gasteiger partial charge in [-0.05, 0) is 25.1 Å². The monoisotopic (exact) mass is 297 g/mol. The number of carbonyl (C=O) groups is 1. The lowest BCUT2D eigenvalue weighted by atomic mass is 10.1. The maximum absolute atomic E-state index is 13.8. The molecule has 20 heavy (non-hydrogen) atoms. The molecule has 0 fully saturated rings. The molecule has 1 aromatic heterocycles. The summed E-state index contributed by atoms with van der Waals surface area (Å²) in [7, 11) is 0. The summed E-state index contributed by atoms with van der Waals surface area (Å²) in [5.74, 6) is -2.19. The lowest BCUT2D eigenvalue weighted by Crippen LogP contribution is -2.08. The zero-order valence-corrected chi connectivity index (χ0v) is 11.2. The Morgan fingerprint density at radius 2 is 2.10 bits per heavy atom. The Morgan fingerprint density at radius 3 is 2.75 bits per heavy atom. The first-order valence-corrected chi connectivity index (χ1v) is 6.18. The molecule has 0 saturated heterocycles. The van der Waals surface area contributed by atoms with Crippen molar-refractivity contribution in [2.45, 2.75) is 6.92 Å². The Bertz CT molecular complexity index is 662. The molecule has 1 aromatic carbocycles. The number of benzene rings is 1. The summed E-state index contributed by atoms with van der Waals surface area (Å²) in [6, 6.07) is 4.36. The molecular weight excluding hydrogens is 288 g/mol. The summed E-state index contributed by atoms with van der Waals surface area (Å²) >= 11 is 5.79. The van der Waals surface area contributed by atoms with Gasteiger partial charge in [-0.1, -0.05) is 11.6 Å². The molecule has 2 rings (SSSR count). The topological polar surface area (TPSA) is 39.2 Å². The van der Waals surface area contributed by atoms with Crippen LogP contribution in [0.15, 0.2) is 30.5 Å². The van der Waals surface area contributed by atoms with Gasteiger partial charge in [-0.2, -0.15) is 0 Å². The second kappa shape index (κ2) is 5.96. The fourth-order valence-corrected chi connectivity index (χ4v) is 1.86. The minimum absolute atomic E-state index is 0.00567. The molecule has 0 spiro atoms. The van der Waals surface area contributed by atoms with Crippen molar-refractivity contribution in [3.05, 3.63) is 52.7 Å². The number of hydrogen-bond donors (Lipinski definition) is 0. The van der Waals surface area contributed by atoms with Gasteiger partial charge < -0.3 is 4.74 Å². The summed E-state index contributed by atoms with van der Waals surface area (Å²) < 4.78 is 31.6. The van der Waals surface area contributed by atoms with E-state index in [-0.39, 0.29) is 28.5 Å². The lowest BCUT2D eigenvalue weighted by Gasteiger charge is -2.09. The molecule has 0 atom stereocenters. The van der Waals surface area contributed by atoms with E-state index in [0.29, 0.717) is 0 Å². The molecule has 6 heteroatoms. The SMILES string of the molecule is CCOC(=O)c1cc(Cl)cnc1-c1ccc(F)cc1F. The van der Waals surface area contributed by atoms with E-state index < -0.39 is 17.6 Å². The zero-order chi connectivity index (χ0) is 14.7. The van der Waals surface area contributed by atoms with Crippen LogP contribution in [-0.4, -0.2) is 17.6 Å². The Morgan fingerprint density at radius 1 is 1.35 bits per heavy atom. The second-order valence-electron chi connectivity index (χ2n) is 3.89. The maximum atomic E-state index is 13.8. The standard InChI is InChI=1S/C14H10ClF2NO2/c1-2-20-14(19)11-5-8(15)7-18-13(11)10-4-3-9(16)6-12(10)17/h3-7H,2H2,1H3. The maximum Gasteiger partial charge on any atom is 0.340 e. The van der Waals surface area contributed by atoms with Gasteiger partial charge in [0.05, 0.1) is 22.9 Å². The number of nitrogens with zero attached hydrogens (tertiary/aromatic N) is 1. The number of hydrogen-bond acceptors (Lipinski definition) is 3. The molecule has 0 N–H and O–H groups in total. The number of rotatable bonds is 3. The molecule has 0 radical (unpaired) electrons. The Balaban J connectivity index is 2.58. The van der Waals surface area contributed by atoms with Gasteiger partial charge in [0.1, 0.15) is 11.6 Å². The number of ether oxygens (including phenoxy) is 1. The third-order valence-corrected chi connectivity index (χ3v) is 2.74. The molecule has 0 unspecified atom stereocenters. The van der Waals surface area contributed by atoms with Crippen molar-refractivity contribution >= 4 is 17.6 Å². The van der Waals surface area contributed by atoms with Crippen LogP contribution in [0.5, 0.6) is 0 Å². The van der Waals surface area contributed by atoms with E-state index in [1.807, 2.05) is 0 Å². The highest BCUT2D eigenvalue weighted by Gasteiger charge is 2.19. The third kappa shape index (κ3) is 2.93. The molecule has 0 aliphatic carbocycles. The summed E-state index contributed by atoms with van der Waals surface area (Å²) in [6.07, 6.45) is 1.28. The number of esters is 1. The van der Waals surface area contributed by atoms with Crippen molar-refractivity contribution < 1.29 is 18.3 Å². The van der Waals surface area contributed by atoms with Crippen molar-refractivity contribution in [1.29, 1.82) is 0 Å². The summed E-state index contributed by atoms with van der Waals surface area (Å²) in [5.41, 5.74) is 0.0985. The largest absolute Gasteiger partial charge is 0.462 e. The van der Waals surface area contributed by atoms with Crippen LogP contribution < -0.4 is 0 Å². The van der Waals surface area contributed by atoms with E-state index in [2.05, 4.69) is 4.98 Å². The van der Waals surface area contributed by atoms with E-state index in [1.54, 1.807) is 6.92 Å². The predicted molar refractivity (Wildman–Crippen MR) is 70.6 cm³/mol. The van der Waals surface area contributed by atoms with E-state index in [1.165, 1.54) is 18.3 Å². The van der Waals surface area contributed by atoms with Crippen LogP contribution in [0.4, 0.5) is 8.78 Å². The fourth-order valence-electron chi connectivity index (χ4n) is 1.70. The molecule has 1 heterocycles. The highest BCUT2D eigenvalue weighted by molar-refractivity contribution is 6.30. The first-order valence-electron chi connectivity index (χ1n) is 5.81. The minimum atomic E-state index is -0.814. The average molecular weight is 298 g/mol. The van der Waals surface area contributed by atoms with E-state index in [9.17, 15) is 13.6 Å². The molecule has 104 valence electrons. The first-order chi connectivity index (χ1) is 9.52. The smallest absolute Gasteiger partial charge is 0.340 e. The second-order valence-corrected chi connectivity index (χ2v) is 4.33. The third-order valence-electron chi connectivity index (χ3n) is 2.54. The number of pyridine rings is 1. The van der Waals surface area contributed by atoms with Crippen molar-refractivity contribution in [3.8, 4) is 11.3 Å². The van der Waals surface area contributed by atoms with Gasteiger partial charge in [0.15, 0.2) is 0 Å². The van der Waals surface area contributed by atoms with Crippen molar-refractivity contribution in [3.63, 3.8) is 0 Å². The van der Waals surface area contributed by atoms with Gasteiger partial charge in [0.2, 0.25) is 0 Å². The van der Waals surface area contributed by atoms with Gasteiger partial charge in [0, 0.05) is 17.8 Å². The van der Waals surface area contributed by atoms with Gasteiger partial charge in [-0.25, -0.2) is 13.6 Å².